The van der Waals surface area contributed by atoms with Gasteiger partial charge in [-0.15, -0.1) is 0 Å². The van der Waals surface area contributed by atoms with E-state index in [0.29, 0.717) is 23.7 Å². The van der Waals surface area contributed by atoms with Crippen molar-refractivity contribution < 1.29 is 18.7 Å². The fraction of sp³-hybridized carbons (Fsp3) is 0.273. The summed E-state index contributed by atoms with van der Waals surface area (Å²) in [6, 6.07) is 11.2. The Kier molecular flexibility index (Phi) is 6.49. The van der Waals surface area contributed by atoms with Crippen LogP contribution in [0.25, 0.3) is 0 Å². The molecule has 1 heterocycles. The van der Waals surface area contributed by atoms with Gasteiger partial charge in [-0.25, -0.2) is 9.37 Å². The van der Waals surface area contributed by atoms with Crippen molar-refractivity contribution in [1.82, 2.24) is 14.9 Å². The molecular formula is C22H24FN3O3. The number of benzene rings is 2. The van der Waals surface area contributed by atoms with E-state index in [0.717, 1.165) is 11.1 Å². The van der Waals surface area contributed by atoms with Crippen molar-refractivity contribution in [3.8, 4) is 11.5 Å². The molecule has 0 saturated carbocycles. The van der Waals surface area contributed by atoms with Gasteiger partial charge < -0.3 is 19.4 Å². The summed E-state index contributed by atoms with van der Waals surface area (Å²) in [7, 11) is 5.02. The minimum Gasteiger partial charge on any atom is -0.493 e. The first-order chi connectivity index (χ1) is 14.0. The predicted molar refractivity (Wildman–Crippen MR) is 107 cm³/mol. The van der Waals surface area contributed by atoms with Gasteiger partial charge in [-0.3, -0.25) is 4.79 Å². The molecule has 0 fully saturated rings. The molecular weight excluding hydrogens is 373 g/mol. The van der Waals surface area contributed by atoms with Gasteiger partial charge in [0, 0.05) is 25.9 Å². The number of carbonyl (C=O) groups excluding carboxylic acids is 1. The van der Waals surface area contributed by atoms with E-state index in [9.17, 15) is 9.18 Å². The molecule has 0 saturated heterocycles. The number of ether oxygens (including phenoxy) is 2. The van der Waals surface area contributed by atoms with Crippen LogP contribution in [-0.2, 0) is 18.3 Å². The fourth-order valence-corrected chi connectivity index (χ4v) is 3.13. The van der Waals surface area contributed by atoms with Crippen molar-refractivity contribution in [3.63, 3.8) is 0 Å². The molecule has 0 aliphatic rings. The highest BCUT2D eigenvalue weighted by Crippen LogP contribution is 2.28. The van der Waals surface area contributed by atoms with E-state index in [1.165, 1.54) is 12.1 Å². The van der Waals surface area contributed by atoms with E-state index in [2.05, 4.69) is 10.3 Å². The lowest BCUT2D eigenvalue weighted by Gasteiger charge is -2.19. The Hall–Kier alpha value is -3.35. The largest absolute Gasteiger partial charge is 0.493 e. The number of hydrogen-bond acceptors (Lipinski definition) is 4. The van der Waals surface area contributed by atoms with Crippen molar-refractivity contribution in [2.75, 3.05) is 14.2 Å². The molecule has 7 heteroatoms. The molecule has 152 valence electrons. The van der Waals surface area contributed by atoms with Gasteiger partial charge in [0.25, 0.3) is 0 Å². The molecule has 1 amide bonds. The van der Waals surface area contributed by atoms with Crippen LogP contribution in [0.15, 0.2) is 54.9 Å². The summed E-state index contributed by atoms with van der Waals surface area (Å²) in [5.74, 6) is 1.50. The van der Waals surface area contributed by atoms with Gasteiger partial charge >= 0.3 is 0 Å². The molecule has 1 atom stereocenters. The molecule has 29 heavy (non-hydrogen) atoms. The van der Waals surface area contributed by atoms with Gasteiger partial charge in [-0.2, -0.15) is 0 Å². The lowest BCUT2D eigenvalue weighted by Crippen LogP contribution is -2.31. The first-order valence-electron chi connectivity index (χ1n) is 9.24. The van der Waals surface area contributed by atoms with Crippen LogP contribution in [0.1, 0.15) is 29.4 Å². The molecule has 1 unspecified atom stereocenters. The summed E-state index contributed by atoms with van der Waals surface area (Å²) < 4.78 is 25.7. The second-order valence-electron chi connectivity index (χ2n) is 6.64. The maximum atomic E-state index is 13.3. The zero-order chi connectivity index (χ0) is 20.8. The predicted octanol–water partition coefficient (Wildman–Crippen LogP) is 3.41. The Morgan fingerprint density at radius 1 is 1.14 bits per heavy atom. The number of carbonyl (C=O) groups is 1. The van der Waals surface area contributed by atoms with E-state index < -0.39 is 6.04 Å². The average molecular weight is 397 g/mol. The molecule has 0 spiro atoms. The second kappa shape index (κ2) is 9.23. The smallest absolute Gasteiger partial charge is 0.221 e. The molecule has 3 aromatic rings. The van der Waals surface area contributed by atoms with Crippen LogP contribution in [0, 0.1) is 5.82 Å². The van der Waals surface area contributed by atoms with Gasteiger partial charge in [-0.1, -0.05) is 18.2 Å². The van der Waals surface area contributed by atoms with Crippen LogP contribution in [0.3, 0.4) is 0 Å². The minimum atomic E-state index is -0.464. The lowest BCUT2D eigenvalue weighted by atomic mass is 10.0. The highest BCUT2D eigenvalue weighted by atomic mass is 19.1. The first kappa shape index (κ1) is 20.4. The van der Waals surface area contributed by atoms with Gasteiger partial charge in [0.2, 0.25) is 5.91 Å². The Morgan fingerprint density at radius 2 is 1.86 bits per heavy atom. The minimum absolute atomic E-state index is 0.128. The molecule has 0 aliphatic heterocycles. The zero-order valence-corrected chi connectivity index (χ0v) is 16.7. The number of methoxy groups -OCH3 is 2. The zero-order valence-electron chi connectivity index (χ0n) is 16.7. The average Bonchev–Trinajstić information content (AvgIpc) is 3.16. The SMILES string of the molecule is COc1ccc(CCC(=O)NC(c2ccc(F)cc2)c2nccn2C)cc1OC. The summed E-state index contributed by atoms with van der Waals surface area (Å²) in [4.78, 5) is 17.0. The molecule has 3 rings (SSSR count). The van der Waals surface area contributed by atoms with Crippen LogP contribution in [0.5, 0.6) is 11.5 Å². The highest BCUT2D eigenvalue weighted by Gasteiger charge is 2.20. The van der Waals surface area contributed by atoms with Crippen LogP contribution in [-0.4, -0.2) is 29.7 Å². The monoisotopic (exact) mass is 397 g/mol. The van der Waals surface area contributed by atoms with Crippen molar-refractivity contribution in [2.24, 2.45) is 7.05 Å². The van der Waals surface area contributed by atoms with Crippen LogP contribution in [0.4, 0.5) is 4.39 Å². The van der Waals surface area contributed by atoms with E-state index in [1.807, 2.05) is 36.0 Å². The third kappa shape index (κ3) is 4.93. The summed E-state index contributed by atoms with van der Waals surface area (Å²) in [6.45, 7) is 0. The summed E-state index contributed by atoms with van der Waals surface area (Å²) in [6.07, 6.45) is 4.31. The van der Waals surface area contributed by atoms with E-state index in [4.69, 9.17) is 9.47 Å². The molecule has 0 aliphatic carbocycles. The Labute approximate surface area is 169 Å². The van der Waals surface area contributed by atoms with Crippen molar-refractivity contribution in [1.29, 1.82) is 0 Å². The standard InChI is InChI=1S/C22H24FN3O3/c1-26-13-12-24-22(26)21(16-6-8-17(23)9-7-16)25-20(27)11-5-15-4-10-18(28-2)19(14-15)29-3/h4,6-10,12-14,21H,5,11H2,1-3H3,(H,25,27). The van der Waals surface area contributed by atoms with Crippen LogP contribution < -0.4 is 14.8 Å². The third-order valence-corrected chi connectivity index (χ3v) is 4.71. The number of imidazole rings is 1. The Morgan fingerprint density at radius 3 is 2.48 bits per heavy atom. The normalized spacial score (nSPS) is 11.7. The topological polar surface area (TPSA) is 65.4 Å². The lowest BCUT2D eigenvalue weighted by molar-refractivity contribution is -0.121. The Balaban J connectivity index is 1.72. The third-order valence-electron chi connectivity index (χ3n) is 4.71. The molecule has 0 bridgehead atoms. The second-order valence-corrected chi connectivity index (χ2v) is 6.64. The van der Waals surface area contributed by atoms with Crippen molar-refractivity contribution >= 4 is 5.91 Å². The number of nitrogens with zero attached hydrogens (tertiary/aromatic N) is 2. The van der Waals surface area contributed by atoms with Crippen LogP contribution in [0.2, 0.25) is 0 Å². The first-order valence-corrected chi connectivity index (χ1v) is 9.24. The number of amides is 1. The van der Waals surface area contributed by atoms with Gasteiger partial charge in [0.05, 0.1) is 14.2 Å². The number of rotatable bonds is 8. The molecule has 1 N–H and O–H groups in total. The molecule has 2 aromatic carbocycles. The van der Waals surface area contributed by atoms with E-state index in [-0.39, 0.29) is 18.1 Å². The number of aromatic nitrogens is 2. The van der Waals surface area contributed by atoms with Gasteiger partial charge in [0.15, 0.2) is 11.5 Å². The van der Waals surface area contributed by atoms with E-state index in [1.54, 1.807) is 32.5 Å². The molecule has 0 radical (unpaired) electrons. The number of aryl methyl sites for hydroxylation is 2. The van der Waals surface area contributed by atoms with Gasteiger partial charge in [0.1, 0.15) is 17.7 Å². The number of halogens is 1. The van der Waals surface area contributed by atoms with Gasteiger partial charge in [-0.05, 0) is 41.8 Å². The van der Waals surface area contributed by atoms with Crippen molar-refractivity contribution in [2.45, 2.75) is 18.9 Å². The summed E-state index contributed by atoms with van der Waals surface area (Å²) in [5, 5.41) is 3.02. The number of nitrogens with one attached hydrogen (secondary N) is 1. The Bertz CT molecular complexity index is 970. The molecule has 1 aromatic heterocycles. The quantitative estimate of drug-likeness (QED) is 0.633. The summed E-state index contributed by atoms with van der Waals surface area (Å²) in [5.41, 5.74) is 1.73. The number of hydrogen-bond donors (Lipinski definition) is 1. The maximum Gasteiger partial charge on any atom is 0.221 e. The molecule has 6 nitrogen and oxygen atoms in total. The van der Waals surface area contributed by atoms with E-state index >= 15 is 0 Å². The highest BCUT2D eigenvalue weighted by molar-refractivity contribution is 5.77. The van der Waals surface area contributed by atoms with Crippen LogP contribution >= 0.6 is 0 Å². The summed E-state index contributed by atoms with van der Waals surface area (Å²) >= 11 is 0. The van der Waals surface area contributed by atoms with Crippen molar-refractivity contribution in [3.05, 3.63) is 77.6 Å². The maximum absolute atomic E-state index is 13.3. The fourth-order valence-electron chi connectivity index (χ4n) is 3.13.